The van der Waals surface area contributed by atoms with Gasteiger partial charge in [0.05, 0.1) is 12.8 Å². The number of amides is 1. The van der Waals surface area contributed by atoms with Crippen LogP contribution in [-0.2, 0) is 0 Å². The molecule has 1 aromatic heterocycles. The molecule has 1 atom stereocenters. The number of aromatic nitrogens is 2. The van der Waals surface area contributed by atoms with Crippen LogP contribution in [0.25, 0.3) is 0 Å². The Morgan fingerprint density at radius 1 is 1.19 bits per heavy atom. The molecule has 2 aliphatic heterocycles. The Kier molecular flexibility index (Phi) is 5.54. The topological polar surface area (TPSA) is 61.8 Å². The molecule has 0 spiro atoms. The minimum atomic E-state index is 0.0149. The Morgan fingerprint density at radius 2 is 2.00 bits per heavy atom. The molecule has 0 unspecified atom stereocenters. The van der Waals surface area contributed by atoms with E-state index in [1.807, 2.05) is 17.0 Å². The number of likely N-dealkylation sites (tertiary alicyclic amines) is 1. The summed E-state index contributed by atoms with van der Waals surface area (Å²) < 4.78 is 9.32. The highest BCUT2D eigenvalue weighted by Crippen LogP contribution is 2.29. The van der Waals surface area contributed by atoms with Crippen LogP contribution in [0.3, 0.4) is 0 Å². The SMILES string of the molecule is COc1ccccc1N1CCN([C@H]2CCCN(C(=O)c3csnn3)C2)CC1. The molecule has 0 saturated carbocycles. The van der Waals surface area contributed by atoms with E-state index in [0.29, 0.717) is 11.7 Å². The molecule has 0 bridgehead atoms. The van der Waals surface area contributed by atoms with Crippen LogP contribution < -0.4 is 9.64 Å². The third-order valence-corrected chi connectivity index (χ3v) is 6.02. The number of anilines is 1. The molecule has 27 heavy (non-hydrogen) atoms. The first kappa shape index (κ1) is 18.2. The van der Waals surface area contributed by atoms with E-state index in [1.54, 1.807) is 12.5 Å². The van der Waals surface area contributed by atoms with Crippen molar-refractivity contribution in [1.82, 2.24) is 19.4 Å². The van der Waals surface area contributed by atoms with Crippen LogP contribution in [0.15, 0.2) is 29.6 Å². The predicted octanol–water partition coefficient (Wildman–Crippen LogP) is 1.97. The number of hydrogen-bond donors (Lipinski definition) is 0. The van der Waals surface area contributed by atoms with E-state index in [4.69, 9.17) is 4.74 Å². The molecule has 2 fully saturated rings. The Hall–Kier alpha value is -2.19. The molecule has 2 aromatic rings. The van der Waals surface area contributed by atoms with E-state index in [1.165, 1.54) is 11.5 Å². The van der Waals surface area contributed by atoms with Crippen molar-refractivity contribution in [3.8, 4) is 5.75 Å². The third kappa shape index (κ3) is 3.91. The number of hydrogen-bond acceptors (Lipinski definition) is 7. The number of piperidine rings is 1. The van der Waals surface area contributed by atoms with Gasteiger partial charge < -0.3 is 14.5 Å². The van der Waals surface area contributed by atoms with Crippen LogP contribution in [0.1, 0.15) is 23.3 Å². The van der Waals surface area contributed by atoms with Gasteiger partial charge in [-0.25, -0.2) is 0 Å². The maximum Gasteiger partial charge on any atom is 0.275 e. The summed E-state index contributed by atoms with van der Waals surface area (Å²) in [5.74, 6) is 0.943. The summed E-state index contributed by atoms with van der Waals surface area (Å²) in [6.07, 6.45) is 2.19. The average Bonchev–Trinajstić information content (AvgIpc) is 3.28. The largest absolute Gasteiger partial charge is 0.495 e. The van der Waals surface area contributed by atoms with Crippen molar-refractivity contribution in [3.05, 3.63) is 35.3 Å². The van der Waals surface area contributed by atoms with E-state index in [9.17, 15) is 4.79 Å². The molecule has 0 aliphatic carbocycles. The van der Waals surface area contributed by atoms with Gasteiger partial charge >= 0.3 is 0 Å². The van der Waals surface area contributed by atoms with Gasteiger partial charge in [-0.1, -0.05) is 16.6 Å². The van der Waals surface area contributed by atoms with Crippen LogP contribution in [-0.4, -0.2) is 77.7 Å². The van der Waals surface area contributed by atoms with Gasteiger partial charge in [0, 0.05) is 50.7 Å². The Balaban J connectivity index is 1.36. The Morgan fingerprint density at radius 3 is 2.74 bits per heavy atom. The summed E-state index contributed by atoms with van der Waals surface area (Å²) in [6, 6.07) is 8.62. The molecule has 0 N–H and O–H groups in total. The number of carbonyl (C=O) groups excluding carboxylic acids is 1. The number of ether oxygens (including phenoxy) is 1. The Bertz CT molecular complexity index is 761. The zero-order valence-electron chi connectivity index (χ0n) is 15.6. The Labute approximate surface area is 163 Å². The summed E-state index contributed by atoms with van der Waals surface area (Å²) in [6.45, 7) is 5.55. The van der Waals surface area contributed by atoms with E-state index in [-0.39, 0.29) is 5.91 Å². The van der Waals surface area contributed by atoms with Gasteiger partial charge in [-0.05, 0) is 36.5 Å². The summed E-state index contributed by atoms with van der Waals surface area (Å²) in [5, 5.41) is 5.67. The smallest absolute Gasteiger partial charge is 0.275 e. The van der Waals surface area contributed by atoms with Crippen molar-refractivity contribution in [1.29, 1.82) is 0 Å². The normalized spacial score (nSPS) is 21.3. The van der Waals surface area contributed by atoms with Gasteiger partial charge in [-0.15, -0.1) is 5.10 Å². The summed E-state index contributed by atoms with van der Waals surface area (Å²) in [4.78, 5) is 19.5. The lowest BCUT2D eigenvalue weighted by Crippen LogP contribution is -2.56. The number of para-hydroxylation sites is 2. The molecule has 1 amide bonds. The molecular weight excluding hydrogens is 362 g/mol. The van der Waals surface area contributed by atoms with E-state index >= 15 is 0 Å². The lowest BCUT2D eigenvalue weighted by Gasteiger charge is -2.44. The maximum absolute atomic E-state index is 12.6. The molecule has 2 saturated heterocycles. The average molecular weight is 388 g/mol. The molecule has 0 radical (unpaired) electrons. The zero-order valence-corrected chi connectivity index (χ0v) is 16.4. The highest BCUT2D eigenvalue weighted by Gasteiger charge is 2.31. The molecule has 3 heterocycles. The number of nitrogens with zero attached hydrogens (tertiary/aromatic N) is 5. The van der Waals surface area contributed by atoms with Gasteiger partial charge in [-0.3, -0.25) is 9.69 Å². The second-order valence-electron chi connectivity index (χ2n) is 7.03. The predicted molar refractivity (Wildman–Crippen MR) is 106 cm³/mol. The van der Waals surface area contributed by atoms with Crippen molar-refractivity contribution in [3.63, 3.8) is 0 Å². The van der Waals surface area contributed by atoms with E-state index in [2.05, 4.69) is 31.5 Å². The first-order valence-corrected chi connectivity index (χ1v) is 10.3. The van der Waals surface area contributed by atoms with Crippen molar-refractivity contribution >= 4 is 23.1 Å². The van der Waals surface area contributed by atoms with Gasteiger partial charge in [0.25, 0.3) is 5.91 Å². The van der Waals surface area contributed by atoms with Crippen LogP contribution in [0.4, 0.5) is 5.69 Å². The van der Waals surface area contributed by atoms with Gasteiger partial charge in [-0.2, -0.15) is 0 Å². The van der Waals surface area contributed by atoms with Crippen molar-refractivity contribution < 1.29 is 9.53 Å². The zero-order chi connectivity index (χ0) is 18.6. The molecular formula is C19H25N5O2S. The van der Waals surface area contributed by atoms with Crippen molar-refractivity contribution in [2.75, 3.05) is 51.3 Å². The van der Waals surface area contributed by atoms with E-state index < -0.39 is 0 Å². The molecule has 144 valence electrons. The van der Waals surface area contributed by atoms with Crippen LogP contribution in [0.5, 0.6) is 5.75 Å². The van der Waals surface area contributed by atoms with Crippen molar-refractivity contribution in [2.24, 2.45) is 0 Å². The maximum atomic E-state index is 12.6. The lowest BCUT2D eigenvalue weighted by molar-refractivity contribution is 0.0558. The molecule has 7 nitrogen and oxygen atoms in total. The quantitative estimate of drug-likeness (QED) is 0.799. The number of methoxy groups -OCH3 is 1. The fourth-order valence-electron chi connectivity index (χ4n) is 4.08. The third-order valence-electron chi connectivity index (χ3n) is 5.52. The highest BCUT2D eigenvalue weighted by atomic mass is 32.1. The molecule has 2 aliphatic rings. The van der Waals surface area contributed by atoms with Gasteiger partial charge in [0.15, 0.2) is 5.69 Å². The van der Waals surface area contributed by atoms with E-state index in [0.717, 1.165) is 63.5 Å². The monoisotopic (exact) mass is 387 g/mol. The summed E-state index contributed by atoms with van der Waals surface area (Å²) in [5.41, 5.74) is 1.64. The second-order valence-corrected chi connectivity index (χ2v) is 7.64. The fourth-order valence-corrected chi connectivity index (χ4v) is 4.51. The first-order valence-electron chi connectivity index (χ1n) is 9.44. The molecule has 4 rings (SSSR count). The fraction of sp³-hybridized carbons (Fsp3) is 0.526. The lowest BCUT2D eigenvalue weighted by atomic mass is 10.0. The van der Waals surface area contributed by atoms with Crippen LogP contribution in [0, 0.1) is 0 Å². The minimum absolute atomic E-state index is 0.0149. The standard InChI is InChI=1S/C19H25N5O2S/c1-26-18-7-3-2-6-17(18)23-11-9-22(10-12-23)15-5-4-8-24(13-15)19(25)16-14-27-21-20-16/h2-3,6-7,14-15H,4-5,8-13H2,1H3/t15-/m0/s1. The number of piperazine rings is 1. The van der Waals surface area contributed by atoms with Gasteiger partial charge in [0.2, 0.25) is 0 Å². The minimum Gasteiger partial charge on any atom is -0.495 e. The van der Waals surface area contributed by atoms with Crippen LogP contribution >= 0.6 is 11.5 Å². The summed E-state index contributed by atoms with van der Waals surface area (Å²) in [7, 11) is 1.72. The first-order chi connectivity index (χ1) is 13.3. The van der Waals surface area contributed by atoms with Gasteiger partial charge in [0.1, 0.15) is 5.75 Å². The van der Waals surface area contributed by atoms with Crippen molar-refractivity contribution in [2.45, 2.75) is 18.9 Å². The highest BCUT2D eigenvalue weighted by molar-refractivity contribution is 7.03. The summed E-state index contributed by atoms with van der Waals surface area (Å²) >= 11 is 1.23. The number of benzene rings is 1. The molecule has 8 heteroatoms. The van der Waals surface area contributed by atoms with Crippen LogP contribution in [0.2, 0.25) is 0 Å². The number of carbonyl (C=O) groups is 1. The number of rotatable bonds is 4. The second kappa shape index (κ2) is 8.22. The molecule has 1 aromatic carbocycles.